The van der Waals surface area contributed by atoms with Gasteiger partial charge in [0.1, 0.15) is 18.2 Å². The zero-order valence-corrected chi connectivity index (χ0v) is 16.1. The minimum atomic E-state index is -3.70. The van der Waals surface area contributed by atoms with Crippen LogP contribution in [0.1, 0.15) is 18.1 Å². The van der Waals surface area contributed by atoms with Crippen LogP contribution in [0.3, 0.4) is 0 Å². The number of aryl methyl sites for hydroxylation is 1. The third-order valence-electron chi connectivity index (χ3n) is 3.93. The van der Waals surface area contributed by atoms with Crippen molar-refractivity contribution in [2.75, 3.05) is 26.9 Å². The van der Waals surface area contributed by atoms with Gasteiger partial charge in [-0.1, -0.05) is 19.1 Å². The van der Waals surface area contributed by atoms with Gasteiger partial charge in [-0.15, -0.1) is 0 Å². The van der Waals surface area contributed by atoms with Crippen molar-refractivity contribution >= 4 is 10.0 Å². The molecule has 5 nitrogen and oxygen atoms in total. The number of nitrogens with zero attached hydrogens (tertiary/aromatic N) is 1. The van der Waals surface area contributed by atoms with Crippen LogP contribution in [-0.2, 0) is 21.3 Å². The van der Waals surface area contributed by atoms with Crippen molar-refractivity contribution in [1.29, 1.82) is 0 Å². The van der Waals surface area contributed by atoms with Crippen LogP contribution in [0, 0.1) is 12.7 Å². The molecule has 0 amide bonds. The predicted molar refractivity (Wildman–Crippen MR) is 98.2 cm³/mol. The summed E-state index contributed by atoms with van der Waals surface area (Å²) in [6.45, 7) is 4.79. The number of hydrogen-bond acceptors (Lipinski definition) is 4. The van der Waals surface area contributed by atoms with Gasteiger partial charge in [-0.25, -0.2) is 12.8 Å². The molecule has 0 heterocycles. The first kappa shape index (κ1) is 20.4. The number of rotatable bonds is 9. The van der Waals surface area contributed by atoms with E-state index in [0.717, 1.165) is 5.56 Å². The Kier molecular flexibility index (Phi) is 7.14. The van der Waals surface area contributed by atoms with Crippen molar-refractivity contribution in [3.05, 3.63) is 59.4 Å². The van der Waals surface area contributed by atoms with Gasteiger partial charge in [0.2, 0.25) is 10.0 Å². The summed E-state index contributed by atoms with van der Waals surface area (Å²) in [6.07, 6.45) is 0. The second-order valence-electron chi connectivity index (χ2n) is 5.83. The average molecular weight is 381 g/mol. The van der Waals surface area contributed by atoms with Gasteiger partial charge in [0.25, 0.3) is 0 Å². The van der Waals surface area contributed by atoms with Crippen LogP contribution in [0.4, 0.5) is 4.39 Å². The first-order valence-corrected chi connectivity index (χ1v) is 9.79. The Bertz CT molecular complexity index is 839. The van der Waals surface area contributed by atoms with Crippen molar-refractivity contribution in [1.82, 2.24) is 4.31 Å². The van der Waals surface area contributed by atoms with Gasteiger partial charge in [-0.3, -0.25) is 0 Å². The molecule has 0 aliphatic carbocycles. The molecule has 0 spiro atoms. The van der Waals surface area contributed by atoms with E-state index in [-0.39, 0.29) is 23.8 Å². The summed E-state index contributed by atoms with van der Waals surface area (Å²) in [6, 6.07) is 10.7. The fraction of sp³-hybridized carbons (Fsp3) is 0.368. The van der Waals surface area contributed by atoms with E-state index < -0.39 is 10.0 Å². The van der Waals surface area contributed by atoms with E-state index in [1.807, 2.05) is 0 Å². The topological polar surface area (TPSA) is 55.8 Å². The van der Waals surface area contributed by atoms with Gasteiger partial charge in [-0.05, 0) is 48.4 Å². The summed E-state index contributed by atoms with van der Waals surface area (Å²) in [5.41, 5.74) is 1.33. The number of benzene rings is 2. The van der Waals surface area contributed by atoms with Crippen molar-refractivity contribution in [3.8, 4) is 5.75 Å². The minimum absolute atomic E-state index is 0.113. The fourth-order valence-corrected chi connectivity index (χ4v) is 4.06. The second kappa shape index (κ2) is 9.12. The lowest BCUT2D eigenvalue weighted by molar-refractivity contribution is 0.146. The molecular formula is C19H24FNO4S. The van der Waals surface area contributed by atoms with Crippen LogP contribution in [0.2, 0.25) is 0 Å². The quantitative estimate of drug-likeness (QED) is 0.625. The lowest BCUT2D eigenvalue weighted by Crippen LogP contribution is -2.30. The summed E-state index contributed by atoms with van der Waals surface area (Å²) in [4.78, 5) is 0.187. The number of methoxy groups -OCH3 is 1. The summed E-state index contributed by atoms with van der Waals surface area (Å²) in [5.74, 6) is 0.235. The van der Waals surface area contributed by atoms with Crippen LogP contribution in [0.5, 0.6) is 5.75 Å². The van der Waals surface area contributed by atoms with E-state index in [1.54, 1.807) is 45.2 Å². The molecule has 0 saturated carbocycles. The van der Waals surface area contributed by atoms with E-state index in [9.17, 15) is 12.8 Å². The van der Waals surface area contributed by atoms with Crippen molar-refractivity contribution in [2.24, 2.45) is 0 Å². The van der Waals surface area contributed by atoms with E-state index in [0.29, 0.717) is 24.5 Å². The highest BCUT2D eigenvalue weighted by Gasteiger charge is 2.24. The first-order chi connectivity index (χ1) is 12.4. The number of ether oxygens (including phenoxy) is 2. The van der Waals surface area contributed by atoms with Crippen molar-refractivity contribution in [2.45, 2.75) is 25.3 Å². The van der Waals surface area contributed by atoms with Crippen molar-refractivity contribution < 1.29 is 22.3 Å². The molecule has 0 aliphatic rings. The molecule has 0 bridgehead atoms. The van der Waals surface area contributed by atoms with E-state index >= 15 is 0 Å². The fourth-order valence-electron chi connectivity index (χ4n) is 2.53. The molecule has 2 aromatic carbocycles. The molecule has 142 valence electrons. The average Bonchev–Trinajstić information content (AvgIpc) is 2.61. The Labute approximate surface area is 154 Å². The number of hydrogen-bond donors (Lipinski definition) is 0. The maximum atomic E-state index is 13.4. The van der Waals surface area contributed by atoms with Crippen LogP contribution in [0.25, 0.3) is 0 Å². The van der Waals surface area contributed by atoms with Gasteiger partial charge in [0.05, 0.1) is 11.5 Å². The predicted octanol–water partition coefficient (Wildman–Crippen LogP) is 3.37. The number of halogens is 1. The highest BCUT2D eigenvalue weighted by Crippen LogP contribution is 2.25. The Hall–Kier alpha value is -1.96. The van der Waals surface area contributed by atoms with E-state index in [1.165, 1.54) is 22.5 Å². The zero-order valence-electron chi connectivity index (χ0n) is 15.2. The zero-order chi connectivity index (χ0) is 19.2. The third-order valence-corrected chi connectivity index (χ3v) is 5.85. The highest BCUT2D eigenvalue weighted by atomic mass is 32.2. The molecule has 0 fully saturated rings. The molecule has 2 aromatic rings. The maximum absolute atomic E-state index is 13.4. The number of sulfonamides is 1. The molecule has 7 heteroatoms. The second-order valence-corrected chi connectivity index (χ2v) is 7.77. The van der Waals surface area contributed by atoms with Gasteiger partial charge in [-0.2, -0.15) is 4.31 Å². The molecule has 26 heavy (non-hydrogen) atoms. The largest absolute Gasteiger partial charge is 0.491 e. The Morgan fingerprint density at radius 1 is 1.12 bits per heavy atom. The van der Waals surface area contributed by atoms with Gasteiger partial charge in [0, 0.05) is 20.2 Å². The Morgan fingerprint density at radius 2 is 1.88 bits per heavy atom. The smallest absolute Gasteiger partial charge is 0.243 e. The molecule has 0 unspecified atom stereocenters. The molecule has 0 radical (unpaired) electrons. The molecular weight excluding hydrogens is 357 g/mol. The van der Waals surface area contributed by atoms with Crippen LogP contribution >= 0.6 is 0 Å². The highest BCUT2D eigenvalue weighted by molar-refractivity contribution is 7.89. The summed E-state index contributed by atoms with van der Waals surface area (Å²) in [5, 5.41) is 0. The molecule has 0 saturated heterocycles. The molecule has 2 rings (SSSR count). The first-order valence-electron chi connectivity index (χ1n) is 8.35. The van der Waals surface area contributed by atoms with E-state index in [2.05, 4.69) is 0 Å². The Morgan fingerprint density at radius 3 is 2.50 bits per heavy atom. The van der Waals surface area contributed by atoms with Crippen LogP contribution in [-0.4, -0.2) is 39.6 Å². The van der Waals surface area contributed by atoms with Gasteiger partial charge >= 0.3 is 0 Å². The van der Waals surface area contributed by atoms with Crippen LogP contribution < -0.4 is 4.74 Å². The summed E-state index contributed by atoms with van der Waals surface area (Å²) >= 11 is 0. The molecule has 0 atom stereocenters. The molecule has 0 aromatic heterocycles. The minimum Gasteiger partial charge on any atom is -0.491 e. The summed E-state index contributed by atoms with van der Waals surface area (Å²) < 4.78 is 51.1. The third kappa shape index (κ3) is 5.03. The van der Waals surface area contributed by atoms with Crippen LogP contribution in [0.15, 0.2) is 47.4 Å². The lowest BCUT2D eigenvalue weighted by Gasteiger charge is -2.21. The van der Waals surface area contributed by atoms with Crippen molar-refractivity contribution in [3.63, 3.8) is 0 Å². The van der Waals surface area contributed by atoms with Gasteiger partial charge in [0.15, 0.2) is 0 Å². The van der Waals surface area contributed by atoms with E-state index in [4.69, 9.17) is 9.47 Å². The van der Waals surface area contributed by atoms with Gasteiger partial charge < -0.3 is 9.47 Å². The monoisotopic (exact) mass is 381 g/mol. The SMILES string of the molecule is CCN(Cc1cccc(F)c1)S(=O)(=O)c1ccc(OCCOC)c(C)c1. The standard InChI is InChI=1S/C19H24FNO4S/c1-4-21(14-16-6-5-7-17(20)13-16)26(22,23)18-8-9-19(15(2)12-18)25-11-10-24-3/h5-9,12-13H,4,10-11,14H2,1-3H3. The lowest BCUT2D eigenvalue weighted by atomic mass is 10.2. The maximum Gasteiger partial charge on any atom is 0.243 e. The normalized spacial score (nSPS) is 11.7. The molecule has 0 N–H and O–H groups in total. The Balaban J connectivity index is 2.22. The summed E-state index contributed by atoms with van der Waals surface area (Å²) in [7, 11) is -2.11. The molecule has 0 aliphatic heterocycles.